The van der Waals surface area contributed by atoms with Gasteiger partial charge in [0, 0.05) is 44.0 Å². The number of aromatic nitrogens is 2. The number of nitrogens with zero attached hydrogens (tertiary/aromatic N) is 3. The van der Waals surface area contributed by atoms with Gasteiger partial charge in [-0.2, -0.15) is 0 Å². The Kier molecular flexibility index (Phi) is 7.58. The molecule has 12 rings (SSSR count). The lowest BCUT2D eigenvalue weighted by molar-refractivity contribution is 0.661. The summed E-state index contributed by atoms with van der Waals surface area (Å²) < 4.78 is 4.79. The number of para-hydroxylation sites is 4. The first-order valence-corrected chi connectivity index (χ1v) is 20.9. The summed E-state index contributed by atoms with van der Waals surface area (Å²) >= 11 is 0. The van der Waals surface area contributed by atoms with E-state index in [-0.39, 0.29) is 5.41 Å². The molecule has 284 valence electrons. The van der Waals surface area contributed by atoms with Crippen LogP contribution in [0.1, 0.15) is 25.0 Å². The van der Waals surface area contributed by atoms with Crippen molar-refractivity contribution in [3.8, 4) is 33.6 Å². The number of fused-ring (bicyclic) bond motifs is 9. The highest BCUT2D eigenvalue weighted by Crippen LogP contribution is 2.55. The Balaban J connectivity index is 1.07. The molecule has 0 aliphatic heterocycles. The summed E-state index contributed by atoms with van der Waals surface area (Å²) in [6, 6.07) is 77.8. The van der Waals surface area contributed by atoms with Crippen LogP contribution >= 0.6 is 0 Å². The minimum Gasteiger partial charge on any atom is -0.309 e. The highest BCUT2D eigenvalue weighted by atomic mass is 15.2. The van der Waals surface area contributed by atoms with Gasteiger partial charge in [-0.3, -0.25) is 0 Å². The SMILES string of the molecule is CC1(C)c2ccccc2-c2cccc(N(c3ccc(-c4ccc5c(c4)c4ccccc4n5-c4ccccc4)cc3)c3cccc4c3c3ccccc3n4-c3ccccc3)c21. The third-order valence-corrected chi connectivity index (χ3v) is 12.9. The van der Waals surface area contributed by atoms with Gasteiger partial charge < -0.3 is 14.0 Å². The molecule has 0 unspecified atom stereocenters. The third-order valence-electron chi connectivity index (χ3n) is 12.9. The summed E-state index contributed by atoms with van der Waals surface area (Å²) in [5, 5.41) is 4.96. The number of rotatable bonds is 6. The molecule has 1 aliphatic carbocycles. The Morgan fingerprint density at radius 2 is 0.917 bits per heavy atom. The molecule has 60 heavy (non-hydrogen) atoms. The van der Waals surface area contributed by atoms with E-state index in [2.05, 4.69) is 240 Å². The first-order chi connectivity index (χ1) is 29.6. The number of anilines is 3. The second-order valence-electron chi connectivity index (χ2n) is 16.5. The predicted molar refractivity (Wildman–Crippen MR) is 253 cm³/mol. The van der Waals surface area contributed by atoms with Crippen molar-refractivity contribution in [2.45, 2.75) is 19.3 Å². The number of benzene rings is 9. The van der Waals surface area contributed by atoms with Gasteiger partial charge in [0.25, 0.3) is 0 Å². The topological polar surface area (TPSA) is 13.1 Å². The van der Waals surface area contributed by atoms with Crippen molar-refractivity contribution < 1.29 is 0 Å². The lowest BCUT2D eigenvalue weighted by atomic mass is 9.81. The van der Waals surface area contributed by atoms with Crippen LogP contribution in [0.25, 0.3) is 77.2 Å². The molecule has 0 amide bonds. The fraction of sp³-hybridized carbons (Fsp3) is 0.0526. The molecule has 0 fully saturated rings. The van der Waals surface area contributed by atoms with Gasteiger partial charge in [-0.15, -0.1) is 0 Å². The lowest BCUT2D eigenvalue weighted by Crippen LogP contribution is -2.20. The molecule has 2 heterocycles. The van der Waals surface area contributed by atoms with E-state index in [0.717, 1.165) is 17.1 Å². The van der Waals surface area contributed by atoms with Crippen molar-refractivity contribution in [2.75, 3.05) is 4.90 Å². The van der Waals surface area contributed by atoms with Crippen molar-refractivity contribution in [1.29, 1.82) is 0 Å². The van der Waals surface area contributed by atoms with Crippen molar-refractivity contribution in [1.82, 2.24) is 9.13 Å². The Hall–Kier alpha value is -7.62. The van der Waals surface area contributed by atoms with Crippen LogP contribution in [0.4, 0.5) is 17.1 Å². The molecule has 0 radical (unpaired) electrons. The van der Waals surface area contributed by atoms with E-state index in [9.17, 15) is 0 Å². The Labute approximate surface area is 349 Å². The van der Waals surface area contributed by atoms with Crippen molar-refractivity contribution in [3.05, 3.63) is 223 Å². The van der Waals surface area contributed by atoms with Crippen LogP contribution < -0.4 is 4.90 Å². The van der Waals surface area contributed by atoms with E-state index in [1.165, 1.54) is 88.4 Å². The third kappa shape index (κ3) is 5.02. The van der Waals surface area contributed by atoms with Gasteiger partial charge in [0.1, 0.15) is 0 Å². The molecule has 3 heteroatoms. The second kappa shape index (κ2) is 13.2. The Morgan fingerprint density at radius 1 is 0.383 bits per heavy atom. The molecule has 0 N–H and O–H groups in total. The maximum absolute atomic E-state index is 2.52. The second-order valence-corrected chi connectivity index (χ2v) is 16.5. The normalized spacial score (nSPS) is 13.0. The molecule has 0 saturated carbocycles. The summed E-state index contributed by atoms with van der Waals surface area (Å²) in [4.78, 5) is 2.52. The van der Waals surface area contributed by atoms with E-state index in [0.29, 0.717) is 0 Å². The highest BCUT2D eigenvalue weighted by Gasteiger charge is 2.39. The van der Waals surface area contributed by atoms with Gasteiger partial charge in [0.05, 0.1) is 33.4 Å². The van der Waals surface area contributed by atoms with Crippen LogP contribution in [0.2, 0.25) is 0 Å². The first kappa shape index (κ1) is 34.4. The first-order valence-electron chi connectivity index (χ1n) is 20.9. The summed E-state index contributed by atoms with van der Waals surface area (Å²) in [6.45, 7) is 4.77. The van der Waals surface area contributed by atoms with Crippen molar-refractivity contribution in [2.24, 2.45) is 0 Å². The van der Waals surface area contributed by atoms with Gasteiger partial charge in [-0.05, 0) is 112 Å². The van der Waals surface area contributed by atoms with E-state index >= 15 is 0 Å². The monoisotopic (exact) mass is 767 g/mol. The zero-order chi connectivity index (χ0) is 40.0. The van der Waals surface area contributed by atoms with Gasteiger partial charge in [0.15, 0.2) is 0 Å². The molecular weight excluding hydrogens is 727 g/mol. The molecular formula is C57H41N3. The zero-order valence-corrected chi connectivity index (χ0v) is 33.5. The summed E-state index contributed by atoms with van der Waals surface area (Å²) in [6.07, 6.45) is 0. The predicted octanol–water partition coefficient (Wildman–Crippen LogP) is 15.3. The number of hydrogen-bond donors (Lipinski definition) is 0. The van der Waals surface area contributed by atoms with Crippen LogP contribution in [0.3, 0.4) is 0 Å². The van der Waals surface area contributed by atoms with Gasteiger partial charge in [0.2, 0.25) is 0 Å². The number of hydrogen-bond acceptors (Lipinski definition) is 1. The smallest absolute Gasteiger partial charge is 0.0562 e. The lowest BCUT2D eigenvalue weighted by Gasteiger charge is -2.32. The maximum atomic E-state index is 2.52. The average Bonchev–Trinajstić information content (AvgIpc) is 3.91. The maximum Gasteiger partial charge on any atom is 0.0562 e. The average molecular weight is 768 g/mol. The minimum absolute atomic E-state index is 0.207. The summed E-state index contributed by atoms with van der Waals surface area (Å²) in [5.41, 5.74) is 18.1. The quantitative estimate of drug-likeness (QED) is 0.164. The summed E-state index contributed by atoms with van der Waals surface area (Å²) in [7, 11) is 0. The van der Waals surface area contributed by atoms with Crippen LogP contribution in [-0.4, -0.2) is 9.13 Å². The fourth-order valence-electron chi connectivity index (χ4n) is 10.3. The molecule has 0 bridgehead atoms. The minimum atomic E-state index is -0.207. The molecule has 0 spiro atoms. The van der Waals surface area contributed by atoms with E-state index in [1.54, 1.807) is 0 Å². The largest absolute Gasteiger partial charge is 0.309 e. The fourth-order valence-corrected chi connectivity index (χ4v) is 10.3. The molecule has 9 aromatic carbocycles. The molecule has 0 atom stereocenters. The Bertz CT molecular complexity index is 3440. The molecule has 1 aliphatic rings. The summed E-state index contributed by atoms with van der Waals surface area (Å²) in [5.74, 6) is 0. The molecule has 3 nitrogen and oxygen atoms in total. The van der Waals surface area contributed by atoms with Crippen LogP contribution in [0.15, 0.2) is 212 Å². The zero-order valence-electron chi connectivity index (χ0n) is 33.5. The highest BCUT2D eigenvalue weighted by molar-refractivity contribution is 6.17. The van der Waals surface area contributed by atoms with Gasteiger partial charge in [-0.1, -0.05) is 147 Å². The van der Waals surface area contributed by atoms with E-state index in [1.807, 2.05) is 0 Å². The van der Waals surface area contributed by atoms with Gasteiger partial charge in [-0.25, -0.2) is 0 Å². The molecule has 0 saturated heterocycles. The standard InChI is InChI=1S/C57H41N3/c1-57(2)48-25-12-9-21-43(48)45-24-15-30-54(56(45)57)60(53-29-16-28-52-55(53)46-23-11-14-27-50(46)59(52)41-19-7-4-8-20-41)42-34-31-38(32-35-42)39-33-36-51-47(37-39)44-22-10-13-26-49(44)58(51)40-17-5-3-6-18-40/h3-37H,1-2H3. The van der Waals surface area contributed by atoms with Crippen LogP contribution in [-0.2, 0) is 5.41 Å². The van der Waals surface area contributed by atoms with Crippen molar-refractivity contribution in [3.63, 3.8) is 0 Å². The molecule has 2 aromatic heterocycles. The van der Waals surface area contributed by atoms with Crippen LogP contribution in [0, 0.1) is 0 Å². The molecule has 11 aromatic rings. The van der Waals surface area contributed by atoms with E-state index < -0.39 is 0 Å². The van der Waals surface area contributed by atoms with Gasteiger partial charge >= 0.3 is 0 Å². The van der Waals surface area contributed by atoms with Crippen LogP contribution in [0.5, 0.6) is 0 Å². The van der Waals surface area contributed by atoms with Crippen molar-refractivity contribution >= 4 is 60.7 Å². The van der Waals surface area contributed by atoms with E-state index in [4.69, 9.17) is 0 Å². The Morgan fingerprint density at radius 3 is 1.67 bits per heavy atom.